The molecule has 0 spiro atoms. The third-order valence-electron chi connectivity index (χ3n) is 4.67. The summed E-state index contributed by atoms with van der Waals surface area (Å²) in [5.41, 5.74) is 1.01. The highest BCUT2D eigenvalue weighted by atomic mass is 16.5. The summed E-state index contributed by atoms with van der Waals surface area (Å²) in [6.07, 6.45) is 0. The Morgan fingerprint density at radius 1 is 1.17 bits per heavy atom. The molecule has 0 radical (unpaired) electrons. The molecule has 1 aliphatic rings. The Morgan fingerprint density at radius 3 is 2.70 bits per heavy atom. The number of nitrogens with zero attached hydrogens (tertiary/aromatic N) is 6. The Labute approximate surface area is 172 Å². The number of hydrogen-bond acceptors (Lipinski definition) is 9. The number of fused-ring (bicyclic) bond motifs is 1. The van der Waals surface area contributed by atoms with Crippen LogP contribution < -0.4 is 20.9 Å². The van der Waals surface area contributed by atoms with Gasteiger partial charge in [0, 0.05) is 27.2 Å². The third-order valence-corrected chi connectivity index (χ3v) is 4.67. The highest BCUT2D eigenvalue weighted by Gasteiger charge is 2.18. The predicted octanol–water partition coefficient (Wildman–Crippen LogP) is -0.00150. The van der Waals surface area contributed by atoms with E-state index in [9.17, 15) is 9.59 Å². The molecule has 0 atom stereocenters. The highest BCUT2D eigenvalue weighted by Crippen LogP contribution is 2.14. The molecule has 0 aliphatic carbocycles. The lowest BCUT2D eigenvalue weighted by Crippen LogP contribution is -2.38. The minimum absolute atomic E-state index is 0.115. The molecular formula is C19H23N7O4. The first-order valence-corrected chi connectivity index (χ1v) is 9.61. The van der Waals surface area contributed by atoms with Crippen molar-refractivity contribution in [2.24, 2.45) is 0 Å². The maximum Gasteiger partial charge on any atom is 0.420 e. The zero-order valence-electron chi connectivity index (χ0n) is 16.9. The molecule has 0 unspecified atom stereocenters. The van der Waals surface area contributed by atoms with Gasteiger partial charge in [-0.25, -0.2) is 4.79 Å². The molecule has 11 nitrogen and oxygen atoms in total. The molecule has 3 heterocycles. The van der Waals surface area contributed by atoms with Gasteiger partial charge in [-0.05, 0) is 12.1 Å². The Balaban J connectivity index is 1.48. The molecule has 3 aromatic rings. The van der Waals surface area contributed by atoms with Gasteiger partial charge < -0.3 is 24.3 Å². The number of para-hydroxylation sites is 2. The van der Waals surface area contributed by atoms with E-state index in [0.29, 0.717) is 55.1 Å². The van der Waals surface area contributed by atoms with Crippen LogP contribution in [-0.4, -0.2) is 65.8 Å². The molecule has 0 saturated carbocycles. The van der Waals surface area contributed by atoms with Crippen LogP contribution in [0.4, 0.5) is 11.9 Å². The van der Waals surface area contributed by atoms with Crippen LogP contribution in [0, 0.1) is 0 Å². The molecule has 30 heavy (non-hydrogen) atoms. The number of hydrogen-bond donors (Lipinski definition) is 1. The molecule has 1 saturated heterocycles. The number of carbonyl (C=O) groups excluding carboxylic acids is 1. The topological polar surface area (TPSA) is 119 Å². The summed E-state index contributed by atoms with van der Waals surface area (Å²) >= 11 is 0. The lowest BCUT2D eigenvalue weighted by molar-refractivity contribution is -0.121. The number of nitrogens with one attached hydrogen (secondary N) is 1. The standard InChI is InChI=1S/C19H23N7O4/c1-24(2)17-21-15(22-18(23-17)25-7-9-29-10-8-25)11-20-16(27)12-26-13-5-3-4-6-14(13)30-19(26)28/h3-6H,7-12H2,1-2H3,(H,20,27). The summed E-state index contributed by atoms with van der Waals surface area (Å²) in [6.45, 7) is 2.57. The average Bonchev–Trinajstić information content (AvgIpc) is 3.07. The van der Waals surface area contributed by atoms with Crippen molar-refractivity contribution in [2.75, 3.05) is 50.2 Å². The lowest BCUT2D eigenvalue weighted by Gasteiger charge is -2.27. The van der Waals surface area contributed by atoms with Gasteiger partial charge >= 0.3 is 5.76 Å². The second kappa shape index (κ2) is 8.49. The third kappa shape index (κ3) is 4.25. The van der Waals surface area contributed by atoms with E-state index in [0.717, 1.165) is 0 Å². The van der Waals surface area contributed by atoms with Crippen LogP contribution in [0.3, 0.4) is 0 Å². The van der Waals surface area contributed by atoms with Gasteiger partial charge in [-0.1, -0.05) is 12.1 Å². The van der Waals surface area contributed by atoms with E-state index >= 15 is 0 Å². The fourth-order valence-electron chi connectivity index (χ4n) is 3.12. The fourth-order valence-corrected chi connectivity index (χ4v) is 3.12. The lowest BCUT2D eigenvalue weighted by atomic mass is 10.3. The fraction of sp³-hybridized carbons (Fsp3) is 0.421. The first kappa shape index (κ1) is 19.8. The van der Waals surface area contributed by atoms with E-state index in [-0.39, 0.29) is 19.0 Å². The molecule has 1 aromatic carbocycles. The van der Waals surface area contributed by atoms with Crippen molar-refractivity contribution in [2.45, 2.75) is 13.1 Å². The number of carbonyl (C=O) groups is 1. The smallest absolute Gasteiger partial charge is 0.408 e. The summed E-state index contributed by atoms with van der Waals surface area (Å²) in [4.78, 5) is 41.7. The van der Waals surface area contributed by atoms with Gasteiger partial charge in [0.05, 0.1) is 25.3 Å². The normalized spacial score (nSPS) is 14.1. The quantitative estimate of drug-likeness (QED) is 0.595. The maximum absolute atomic E-state index is 12.5. The summed E-state index contributed by atoms with van der Waals surface area (Å²) in [5, 5.41) is 2.77. The van der Waals surface area contributed by atoms with Gasteiger partial charge in [0.25, 0.3) is 0 Å². The number of aromatic nitrogens is 4. The van der Waals surface area contributed by atoms with Gasteiger partial charge in [-0.3, -0.25) is 9.36 Å². The molecule has 2 aromatic heterocycles. The van der Waals surface area contributed by atoms with E-state index in [1.54, 1.807) is 29.2 Å². The first-order chi connectivity index (χ1) is 14.5. The van der Waals surface area contributed by atoms with E-state index < -0.39 is 5.76 Å². The second-order valence-electron chi connectivity index (χ2n) is 7.04. The van der Waals surface area contributed by atoms with Crippen molar-refractivity contribution in [3.05, 3.63) is 40.6 Å². The van der Waals surface area contributed by atoms with Crippen molar-refractivity contribution >= 4 is 28.9 Å². The predicted molar refractivity (Wildman–Crippen MR) is 110 cm³/mol. The van der Waals surface area contributed by atoms with Crippen LogP contribution in [0.25, 0.3) is 11.1 Å². The molecule has 1 aliphatic heterocycles. The van der Waals surface area contributed by atoms with Gasteiger partial charge in [-0.2, -0.15) is 15.0 Å². The number of amides is 1. The monoisotopic (exact) mass is 413 g/mol. The molecule has 1 N–H and O–H groups in total. The number of ether oxygens (including phenoxy) is 1. The Kier molecular flexibility index (Phi) is 5.61. The molecule has 4 rings (SSSR count). The number of morpholine rings is 1. The van der Waals surface area contributed by atoms with Crippen LogP contribution >= 0.6 is 0 Å². The SMILES string of the molecule is CN(C)c1nc(CNC(=O)Cn2c(=O)oc3ccccc32)nc(N2CCOCC2)n1. The number of anilines is 2. The maximum atomic E-state index is 12.5. The van der Waals surface area contributed by atoms with Crippen LogP contribution in [0.1, 0.15) is 5.82 Å². The van der Waals surface area contributed by atoms with Crippen LogP contribution in [0.15, 0.2) is 33.5 Å². The van der Waals surface area contributed by atoms with Gasteiger partial charge in [0.15, 0.2) is 11.4 Å². The molecular weight excluding hydrogens is 390 g/mol. The van der Waals surface area contributed by atoms with Crippen molar-refractivity contribution in [3.63, 3.8) is 0 Å². The Morgan fingerprint density at radius 2 is 1.93 bits per heavy atom. The van der Waals surface area contributed by atoms with Gasteiger partial charge in [-0.15, -0.1) is 0 Å². The van der Waals surface area contributed by atoms with Crippen LogP contribution in [0.5, 0.6) is 0 Å². The highest BCUT2D eigenvalue weighted by molar-refractivity contribution is 5.79. The summed E-state index contributed by atoms with van der Waals surface area (Å²) in [5.74, 6) is 0.582. The van der Waals surface area contributed by atoms with Crippen molar-refractivity contribution in [1.29, 1.82) is 0 Å². The number of oxazole rings is 1. The van der Waals surface area contributed by atoms with Gasteiger partial charge in [0.2, 0.25) is 17.8 Å². The zero-order chi connectivity index (χ0) is 21.1. The number of benzene rings is 1. The molecule has 1 amide bonds. The van der Waals surface area contributed by atoms with E-state index in [1.165, 1.54) is 4.57 Å². The summed E-state index contributed by atoms with van der Waals surface area (Å²) in [6, 6.07) is 6.97. The summed E-state index contributed by atoms with van der Waals surface area (Å²) in [7, 11) is 3.69. The first-order valence-electron chi connectivity index (χ1n) is 9.61. The van der Waals surface area contributed by atoms with E-state index in [2.05, 4.69) is 20.3 Å². The number of rotatable bonds is 6. The molecule has 1 fully saturated rings. The van der Waals surface area contributed by atoms with Crippen molar-refractivity contribution in [3.8, 4) is 0 Å². The molecule has 11 heteroatoms. The molecule has 158 valence electrons. The molecule has 0 bridgehead atoms. The Bertz CT molecular complexity index is 1100. The van der Waals surface area contributed by atoms with E-state index in [4.69, 9.17) is 9.15 Å². The largest absolute Gasteiger partial charge is 0.420 e. The zero-order valence-corrected chi connectivity index (χ0v) is 16.9. The average molecular weight is 413 g/mol. The van der Waals surface area contributed by atoms with Crippen LogP contribution in [-0.2, 0) is 22.6 Å². The van der Waals surface area contributed by atoms with Crippen LogP contribution in [0.2, 0.25) is 0 Å². The van der Waals surface area contributed by atoms with Crippen molar-refractivity contribution < 1.29 is 13.9 Å². The summed E-state index contributed by atoms with van der Waals surface area (Å²) < 4.78 is 11.8. The minimum atomic E-state index is -0.573. The van der Waals surface area contributed by atoms with Crippen molar-refractivity contribution in [1.82, 2.24) is 24.8 Å². The second-order valence-corrected chi connectivity index (χ2v) is 7.04. The minimum Gasteiger partial charge on any atom is -0.408 e. The Hall–Kier alpha value is -3.47. The van der Waals surface area contributed by atoms with Gasteiger partial charge in [0.1, 0.15) is 6.54 Å². The van der Waals surface area contributed by atoms with E-state index in [1.807, 2.05) is 19.0 Å².